The second-order valence-corrected chi connectivity index (χ2v) is 7.26. The van der Waals surface area contributed by atoms with Crippen LogP contribution in [0.25, 0.3) is 0 Å². The Morgan fingerprint density at radius 1 is 1.14 bits per heavy atom. The van der Waals surface area contributed by atoms with E-state index in [0.717, 1.165) is 37.3 Å². The number of anilines is 2. The molecule has 1 aromatic carbocycles. The highest BCUT2D eigenvalue weighted by atomic mass is 35.5. The lowest BCUT2D eigenvalue weighted by Gasteiger charge is -2.31. The van der Waals surface area contributed by atoms with Gasteiger partial charge >= 0.3 is 0 Å². The van der Waals surface area contributed by atoms with Crippen molar-refractivity contribution < 1.29 is 9.15 Å². The Balaban J connectivity index is 1.28. The van der Waals surface area contributed by atoms with Crippen molar-refractivity contribution in [2.24, 2.45) is 0 Å². The molecule has 146 valence electrons. The van der Waals surface area contributed by atoms with Gasteiger partial charge in [0.2, 0.25) is 11.8 Å². The van der Waals surface area contributed by atoms with Crippen LogP contribution in [0.5, 0.6) is 0 Å². The van der Waals surface area contributed by atoms with Gasteiger partial charge in [0.15, 0.2) is 0 Å². The fourth-order valence-corrected chi connectivity index (χ4v) is 3.53. The monoisotopic (exact) mass is 399 g/mol. The number of nitrogens with zero attached hydrogens (tertiary/aromatic N) is 4. The molecule has 2 N–H and O–H groups in total. The molecule has 4 rings (SSSR count). The lowest BCUT2D eigenvalue weighted by Crippen LogP contribution is -2.33. The number of hydrogen-bond donors (Lipinski definition) is 1. The minimum atomic E-state index is 0.242. The van der Waals surface area contributed by atoms with Crippen LogP contribution in [-0.2, 0) is 18.0 Å². The van der Waals surface area contributed by atoms with E-state index >= 15 is 0 Å². The lowest BCUT2D eigenvalue weighted by atomic mass is 9.97. The summed E-state index contributed by atoms with van der Waals surface area (Å²) in [5.74, 6) is 2.44. The van der Waals surface area contributed by atoms with Crippen molar-refractivity contribution in [2.75, 3.05) is 23.7 Å². The second kappa shape index (κ2) is 8.58. The topological polar surface area (TPSA) is 90.3 Å². The van der Waals surface area contributed by atoms with E-state index in [4.69, 9.17) is 26.5 Å². The molecule has 1 saturated heterocycles. The van der Waals surface area contributed by atoms with E-state index in [-0.39, 0.29) is 12.5 Å². The van der Waals surface area contributed by atoms with Crippen molar-refractivity contribution in [2.45, 2.75) is 32.0 Å². The molecule has 0 radical (unpaired) electrons. The summed E-state index contributed by atoms with van der Waals surface area (Å²) in [4.78, 5) is 6.70. The van der Waals surface area contributed by atoms with Gasteiger partial charge in [0.05, 0.1) is 6.61 Å². The van der Waals surface area contributed by atoms with Gasteiger partial charge < -0.3 is 19.8 Å². The highest BCUT2D eigenvalue weighted by Crippen LogP contribution is 2.29. The van der Waals surface area contributed by atoms with E-state index in [1.165, 1.54) is 0 Å². The molecule has 1 fully saturated rings. The van der Waals surface area contributed by atoms with Crippen molar-refractivity contribution in [3.63, 3.8) is 0 Å². The van der Waals surface area contributed by atoms with E-state index in [9.17, 15) is 0 Å². The summed E-state index contributed by atoms with van der Waals surface area (Å²) >= 11 is 5.99. The van der Waals surface area contributed by atoms with Gasteiger partial charge in [-0.25, -0.2) is 4.98 Å². The number of benzene rings is 1. The van der Waals surface area contributed by atoms with Crippen LogP contribution in [-0.4, -0.2) is 28.3 Å². The third-order valence-corrected chi connectivity index (χ3v) is 5.12. The number of ether oxygens (including phenoxy) is 1. The molecule has 1 aliphatic heterocycles. The van der Waals surface area contributed by atoms with E-state index in [1.807, 2.05) is 24.4 Å². The molecule has 7 nitrogen and oxygen atoms in total. The SMILES string of the molecule is Nc1ccc(Cl)cc1COCc1nnc(C2CCN(c3ccccn3)CC2)o1. The first-order valence-electron chi connectivity index (χ1n) is 9.29. The summed E-state index contributed by atoms with van der Waals surface area (Å²) in [5.41, 5.74) is 7.42. The Morgan fingerprint density at radius 2 is 2.00 bits per heavy atom. The lowest BCUT2D eigenvalue weighted by molar-refractivity contribution is 0.0885. The van der Waals surface area contributed by atoms with Crippen molar-refractivity contribution in [3.8, 4) is 0 Å². The molecular weight excluding hydrogens is 378 g/mol. The predicted molar refractivity (Wildman–Crippen MR) is 107 cm³/mol. The van der Waals surface area contributed by atoms with E-state index in [0.29, 0.717) is 29.1 Å². The molecule has 0 atom stereocenters. The maximum absolute atomic E-state index is 5.99. The van der Waals surface area contributed by atoms with Gasteiger partial charge in [0.1, 0.15) is 12.4 Å². The van der Waals surface area contributed by atoms with Gasteiger partial charge in [-0.15, -0.1) is 10.2 Å². The highest BCUT2D eigenvalue weighted by molar-refractivity contribution is 6.30. The summed E-state index contributed by atoms with van der Waals surface area (Å²) in [6, 6.07) is 11.3. The first kappa shape index (κ1) is 18.7. The molecule has 1 aliphatic rings. The van der Waals surface area contributed by atoms with Gasteiger partial charge in [0, 0.05) is 41.5 Å². The maximum Gasteiger partial charge on any atom is 0.242 e. The zero-order valence-corrected chi connectivity index (χ0v) is 16.2. The zero-order valence-electron chi connectivity index (χ0n) is 15.4. The Labute approximate surface area is 168 Å². The van der Waals surface area contributed by atoms with Crippen molar-refractivity contribution in [1.29, 1.82) is 0 Å². The minimum Gasteiger partial charge on any atom is -0.422 e. The van der Waals surface area contributed by atoms with Gasteiger partial charge in [-0.05, 0) is 43.2 Å². The molecule has 0 amide bonds. The average Bonchev–Trinajstić information content (AvgIpc) is 3.20. The van der Waals surface area contributed by atoms with Crippen LogP contribution in [0, 0.1) is 0 Å². The van der Waals surface area contributed by atoms with Crippen LogP contribution < -0.4 is 10.6 Å². The van der Waals surface area contributed by atoms with Crippen LogP contribution in [0.15, 0.2) is 47.0 Å². The number of piperidine rings is 1. The molecule has 2 aromatic heterocycles. The highest BCUT2D eigenvalue weighted by Gasteiger charge is 2.25. The number of nitrogens with two attached hydrogens (primary N) is 1. The van der Waals surface area contributed by atoms with E-state index in [2.05, 4.69) is 20.1 Å². The van der Waals surface area contributed by atoms with Gasteiger partial charge in [0.25, 0.3) is 0 Å². The molecule has 0 aliphatic carbocycles. The second-order valence-electron chi connectivity index (χ2n) is 6.82. The first-order chi connectivity index (χ1) is 13.7. The minimum absolute atomic E-state index is 0.242. The Kier molecular flexibility index (Phi) is 5.73. The summed E-state index contributed by atoms with van der Waals surface area (Å²) in [6.45, 7) is 2.42. The van der Waals surface area contributed by atoms with Crippen LogP contribution in [0.1, 0.15) is 36.1 Å². The standard InChI is InChI=1S/C20H22ClN5O2/c21-16-4-5-17(22)15(11-16)12-27-13-19-24-25-20(28-19)14-6-9-26(10-7-14)18-3-1-2-8-23-18/h1-5,8,11,14H,6-7,9-10,12-13,22H2. The number of rotatable bonds is 6. The van der Waals surface area contributed by atoms with Crippen molar-refractivity contribution in [3.05, 3.63) is 65.0 Å². The summed E-state index contributed by atoms with van der Waals surface area (Å²) < 4.78 is 11.5. The van der Waals surface area contributed by atoms with Crippen molar-refractivity contribution >= 4 is 23.1 Å². The Bertz CT molecular complexity index is 910. The number of halogens is 1. The number of hydrogen-bond acceptors (Lipinski definition) is 7. The molecule has 3 heterocycles. The molecular formula is C20H22ClN5O2. The fourth-order valence-electron chi connectivity index (χ4n) is 3.33. The van der Waals surface area contributed by atoms with Crippen molar-refractivity contribution in [1.82, 2.24) is 15.2 Å². The molecule has 8 heteroatoms. The van der Waals surface area contributed by atoms with Crippen LogP contribution in [0.3, 0.4) is 0 Å². The number of aromatic nitrogens is 3. The smallest absolute Gasteiger partial charge is 0.242 e. The maximum atomic E-state index is 5.99. The molecule has 3 aromatic rings. The van der Waals surface area contributed by atoms with Gasteiger partial charge in [-0.1, -0.05) is 17.7 Å². The zero-order chi connectivity index (χ0) is 19.3. The molecule has 28 heavy (non-hydrogen) atoms. The molecule has 0 spiro atoms. The number of pyridine rings is 1. The normalized spacial score (nSPS) is 15.1. The van der Waals surface area contributed by atoms with Gasteiger partial charge in [-0.2, -0.15) is 0 Å². The Hall–Kier alpha value is -2.64. The summed E-state index contributed by atoms with van der Waals surface area (Å²) in [6.07, 6.45) is 3.74. The molecule has 0 bridgehead atoms. The molecule has 0 saturated carbocycles. The van der Waals surface area contributed by atoms with E-state index in [1.54, 1.807) is 18.2 Å². The van der Waals surface area contributed by atoms with E-state index < -0.39 is 0 Å². The predicted octanol–water partition coefficient (Wildman–Crippen LogP) is 3.80. The first-order valence-corrected chi connectivity index (χ1v) is 9.67. The van der Waals surface area contributed by atoms with Crippen LogP contribution in [0.4, 0.5) is 11.5 Å². The quantitative estimate of drug-likeness (QED) is 0.630. The largest absolute Gasteiger partial charge is 0.422 e. The Morgan fingerprint density at radius 3 is 2.79 bits per heavy atom. The van der Waals surface area contributed by atoms with Crippen LogP contribution >= 0.6 is 11.6 Å². The summed E-state index contributed by atoms with van der Waals surface area (Å²) in [5, 5.41) is 8.96. The summed E-state index contributed by atoms with van der Waals surface area (Å²) in [7, 11) is 0. The third kappa shape index (κ3) is 4.43. The van der Waals surface area contributed by atoms with Crippen LogP contribution in [0.2, 0.25) is 5.02 Å². The third-order valence-electron chi connectivity index (χ3n) is 4.89. The molecule has 0 unspecified atom stereocenters. The average molecular weight is 400 g/mol. The van der Waals surface area contributed by atoms with Gasteiger partial charge in [-0.3, -0.25) is 0 Å². The fraction of sp³-hybridized carbons (Fsp3) is 0.350. The number of nitrogen functional groups attached to an aromatic ring is 1.